The van der Waals surface area contributed by atoms with E-state index in [4.69, 9.17) is 10.00 Å². The van der Waals surface area contributed by atoms with Crippen LogP contribution in [0.25, 0.3) is 5.57 Å². The van der Waals surface area contributed by atoms with Gasteiger partial charge in [0.25, 0.3) is 0 Å². The molecule has 1 aromatic carbocycles. The Morgan fingerprint density at radius 3 is 2.76 bits per heavy atom. The molecule has 0 saturated heterocycles. The van der Waals surface area contributed by atoms with E-state index in [-0.39, 0.29) is 12.5 Å². The molecule has 0 aliphatic carbocycles. The zero-order valence-electron chi connectivity index (χ0n) is 9.64. The molecule has 0 fully saturated rings. The number of allylic oxidation sites excluding steroid dienone is 1. The number of carbonyl (C=O) groups excluding carboxylic acids is 1. The molecule has 0 aromatic heterocycles. The van der Waals surface area contributed by atoms with E-state index in [0.29, 0.717) is 12.2 Å². The summed E-state index contributed by atoms with van der Waals surface area (Å²) >= 11 is 0. The summed E-state index contributed by atoms with van der Waals surface area (Å²) in [4.78, 5) is 11.1. The molecule has 0 radical (unpaired) electrons. The van der Waals surface area contributed by atoms with Gasteiger partial charge < -0.3 is 10.1 Å². The summed E-state index contributed by atoms with van der Waals surface area (Å²) < 4.78 is 4.75. The van der Waals surface area contributed by atoms with Gasteiger partial charge in [-0.25, -0.2) is 0 Å². The van der Waals surface area contributed by atoms with E-state index in [1.54, 1.807) is 6.92 Å². The van der Waals surface area contributed by atoms with Gasteiger partial charge in [-0.05, 0) is 12.5 Å². The van der Waals surface area contributed by atoms with E-state index in [1.807, 2.05) is 30.3 Å². The number of ether oxygens (including phenoxy) is 1. The Morgan fingerprint density at radius 1 is 1.47 bits per heavy atom. The van der Waals surface area contributed by atoms with Crippen molar-refractivity contribution >= 4 is 11.5 Å². The summed E-state index contributed by atoms with van der Waals surface area (Å²) in [6, 6.07) is 11.3. The first-order valence-electron chi connectivity index (χ1n) is 5.32. The Hall–Kier alpha value is -2.28. The summed E-state index contributed by atoms with van der Waals surface area (Å²) in [6.07, 6.45) is 1.52. The van der Waals surface area contributed by atoms with Crippen LogP contribution in [0.4, 0.5) is 0 Å². The van der Waals surface area contributed by atoms with Gasteiger partial charge in [-0.15, -0.1) is 0 Å². The third-order valence-electron chi connectivity index (χ3n) is 2.00. The highest BCUT2D eigenvalue weighted by Gasteiger charge is 2.01. The topological polar surface area (TPSA) is 62.1 Å². The summed E-state index contributed by atoms with van der Waals surface area (Å²) in [6.45, 7) is 2.16. The molecule has 0 unspecified atom stereocenters. The molecule has 1 aromatic rings. The van der Waals surface area contributed by atoms with Crippen LogP contribution in [0.2, 0.25) is 0 Å². The number of esters is 1. The van der Waals surface area contributed by atoms with E-state index in [1.165, 1.54) is 6.20 Å². The highest BCUT2D eigenvalue weighted by molar-refractivity contribution is 5.77. The summed E-state index contributed by atoms with van der Waals surface area (Å²) in [7, 11) is 0. The molecule has 0 heterocycles. The Bertz CT molecular complexity index is 432. The minimum atomic E-state index is -0.339. The summed E-state index contributed by atoms with van der Waals surface area (Å²) in [5.74, 6) is -0.339. The summed E-state index contributed by atoms with van der Waals surface area (Å²) in [5, 5.41) is 11.7. The van der Waals surface area contributed by atoms with Gasteiger partial charge in [0, 0.05) is 6.20 Å². The van der Waals surface area contributed by atoms with E-state index in [2.05, 4.69) is 11.4 Å². The zero-order chi connectivity index (χ0) is 12.5. The lowest BCUT2D eigenvalue weighted by molar-refractivity contribution is -0.141. The van der Waals surface area contributed by atoms with Crippen LogP contribution in [-0.2, 0) is 9.53 Å². The van der Waals surface area contributed by atoms with Crippen LogP contribution in [0, 0.1) is 11.3 Å². The highest BCUT2D eigenvalue weighted by atomic mass is 16.5. The number of hydrogen-bond acceptors (Lipinski definition) is 4. The lowest BCUT2D eigenvalue weighted by Gasteiger charge is -2.02. The van der Waals surface area contributed by atoms with Crippen LogP contribution in [0.5, 0.6) is 0 Å². The van der Waals surface area contributed by atoms with Crippen LogP contribution in [0.1, 0.15) is 12.5 Å². The smallest absolute Gasteiger partial charge is 0.325 e. The second-order valence-electron chi connectivity index (χ2n) is 3.22. The van der Waals surface area contributed by atoms with Crippen molar-refractivity contribution in [2.45, 2.75) is 6.92 Å². The quantitative estimate of drug-likeness (QED) is 0.617. The minimum absolute atomic E-state index is 0.0614. The molecular formula is C13H14N2O2. The summed E-state index contributed by atoms with van der Waals surface area (Å²) in [5.41, 5.74) is 1.29. The first kappa shape index (κ1) is 12.8. The predicted molar refractivity (Wildman–Crippen MR) is 64.7 cm³/mol. The van der Waals surface area contributed by atoms with Crippen molar-refractivity contribution in [2.24, 2.45) is 0 Å². The number of nitrogens with zero attached hydrogens (tertiary/aromatic N) is 1. The molecule has 0 spiro atoms. The molecule has 1 N–H and O–H groups in total. The second kappa shape index (κ2) is 7.07. The monoisotopic (exact) mass is 230 g/mol. The van der Waals surface area contributed by atoms with Crippen molar-refractivity contribution < 1.29 is 9.53 Å². The largest absolute Gasteiger partial charge is 0.465 e. The van der Waals surface area contributed by atoms with E-state index in [0.717, 1.165) is 5.56 Å². The second-order valence-corrected chi connectivity index (χ2v) is 3.22. The zero-order valence-corrected chi connectivity index (χ0v) is 9.64. The Kier molecular flexibility index (Phi) is 5.32. The van der Waals surface area contributed by atoms with Crippen molar-refractivity contribution in [3.05, 3.63) is 42.1 Å². The molecular weight excluding hydrogens is 216 g/mol. The number of hydrogen-bond donors (Lipinski definition) is 1. The molecule has 88 valence electrons. The third-order valence-corrected chi connectivity index (χ3v) is 2.00. The molecule has 17 heavy (non-hydrogen) atoms. The number of benzene rings is 1. The van der Waals surface area contributed by atoms with Crippen molar-refractivity contribution in [1.29, 1.82) is 5.26 Å². The van der Waals surface area contributed by atoms with Gasteiger partial charge in [0.2, 0.25) is 0 Å². The Labute approximate surface area is 101 Å². The maximum absolute atomic E-state index is 11.1. The van der Waals surface area contributed by atoms with Crippen molar-refractivity contribution in [3.8, 4) is 6.07 Å². The van der Waals surface area contributed by atoms with Gasteiger partial charge in [0.05, 0.1) is 12.2 Å². The maximum atomic E-state index is 11.1. The Morgan fingerprint density at radius 2 is 2.18 bits per heavy atom. The number of nitrogens with one attached hydrogen (secondary N) is 1. The molecule has 0 atom stereocenters. The number of rotatable bonds is 5. The van der Waals surface area contributed by atoms with Gasteiger partial charge in [0.15, 0.2) is 0 Å². The lowest BCUT2D eigenvalue weighted by Crippen LogP contribution is -2.20. The van der Waals surface area contributed by atoms with E-state index >= 15 is 0 Å². The van der Waals surface area contributed by atoms with E-state index < -0.39 is 0 Å². The van der Waals surface area contributed by atoms with Crippen molar-refractivity contribution in [2.75, 3.05) is 13.2 Å². The Balaban J connectivity index is 2.58. The molecule has 0 aliphatic heterocycles. The molecule has 0 saturated carbocycles. The van der Waals surface area contributed by atoms with Gasteiger partial charge in [-0.2, -0.15) is 5.26 Å². The predicted octanol–water partition coefficient (Wildman–Crippen LogP) is 1.70. The fourth-order valence-corrected chi connectivity index (χ4v) is 1.25. The molecule has 0 bridgehead atoms. The van der Waals surface area contributed by atoms with Crippen molar-refractivity contribution in [1.82, 2.24) is 5.32 Å². The number of carbonyl (C=O) groups is 1. The fourth-order valence-electron chi connectivity index (χ4n) is 1.25. The van der Waals surface area contributed by atoms with Gasteiger partial charge >= 0.3 is 5.97 Å². The first-order valence-corrected chi connectivity index (χ1v) is 5.32. The van der Waals surface area contributed by atoms with Crippen LogP contribution in [0.3, 0.4) is 0 Å². The fraction of sp³-hybridized carbons (Fsp3) is 0.231. The third kappa shape index (κ3) is 4.39. The van der Waals surface area contributed by atoms with E-state index in [9.17, 15) is 4.79 Å². The van der Waals surface area contributed by atoms with Crippen LogP contribution in [0.15, 0.2) is 36.5 Å². The van der Waals surface area contributed by atoms with Gasteiger partial charge in [-0.3, -0.25) is 4.79 Å². The van der Waals surface area contributed by atoms with Crippen molar-refractivity contribution in [3.63, 3.8) is 0 Å². The van der Waals surface area contributed by atoms with Crippen LogP contribution >= 0.6 is 0 Å². The molecule has 4 heteroatoms. The SMILES string of the molecule is CCOC(=O)CNC=C(C#N)c1ccccc1. The number of nitriles is 1. The first-order chi connectivity index (χ1) is 8.27. The standard InChI is InChI=1S/C13H14N2O2/c1-2-17-13(16)10-15-9-12(8-14)11-6-4-3-5-7-11/h3-7,9,15H,2,10H2,1H3. The highest BCUT2D eigenvalue weighted by Crippen LogP contribution is 2.11. The van der Waals surface area contributed by atoms with Crippen LogP contribution in [-0.4, -0.2) is 19.1 Å². The molecule has 1 rings (SSSR count). The molecule has 4 nitrogen and oxygen atoms in total. The van der Waals surface area contributed by atoms with Gasteiger partial charge in [-0.1, -0.05) is 30.3 Å². The lowest BCUT2D eigenvalue weighted by atomic mass is 10.1. The molecule has 0 aliphatic rings. The van der Waals surface area contributed by atoms with Gasteiger partial charge in [0.1, 0.15) is 12.6 Å². The molecule has 0 amide bonds. The average molecular weight is 230 g/mol. The van der Waals surface area contributed by atoms with Crippen LogP contribution < -0.4 is 5.32 Å². The minimum Gasteiger partial charge on any atom is -0.465 e. The average Bonchev–Trinajstić information content (AvgIpc) is 2.36. The normalized spacial score (nSPS) is 10.5. The maximum Gasteiger partial charge on any atom is 0.325 e.